The van der Waals surface area contributed by atoms with Crippen molar-refractivity contribution in [1.82, 2.24) is 10.3 Å². The minimum absolute atomic E-state index is 0. The summed E-state index contributed by atoms with van der Waals surface area (Å²) in [5, 5.41) is 3.38. The van der Waals surface area contributed by atoms with Crippen LogP contribution in [-0.2, 0) is 9.53 Å². The first-order chi connectivity index (χ1) is 12.2. The predicted octanol–water partition coefficient (Wildman–Crippen LogP) is 3.69. The molecule has 1 heterocycles. The summed E-state index contributed by atoms with van der Waals surface area (Å²) in [6, 6.07) is 4.19. The second kappa shape index (κ2) is 9.18. The molecule has 0 bridgehead atoms. The highest BCUT2D eigenvalue weighted by Crippen LogP contribution is 2.40. The highest BCUT2D eigenvalue weighted by atomic mass is 16.5. The zero-order valence-electron chi connectivity index (χ0n) is 15.2. The molecule has 0 unspecified atom stereocenters. The van der Waals surface area contributed by atoms with E-state index in [1.165, 1.54) is 18.4 Å². The molecule has 0 aromatic carbocycles. The molecule has 2 aliphatic carbocycles. The number of aromatic nitrogens is 1. The maximum atomic E-state index is 11.3. The molecule has 25 heavy (non-hydrogen) atoms. The Morgan fingerprint density at radius 2 is 2.04 bits per heavy atom. The number of hydrogen-bond acceptors (Lipinski definition) is 5. The first-order valence-electron chi connectivity index (χ1n) is 9.73. The molecular weight excluding hydrogens is 316 g/mol. The van der Waals surface area contributed by atoms with E-state index in [0.717, 1.165) is 44.0 Å². The Morgan fingerprint density at radius 3 is 2.68 bits per heavy atom. The molecule has 2 aliphatic rings. The van der Waals surface area contributed by atoms with Gasteiger partial charge in [0.15, 0.2) is 0 Å². The molecule has 140 valence electrons. The molecule has 0 radical (unpaired) electrons. The first-order valence-corrected chi connectivity index (χ1v) is 9.73. The van der Waals surface area contributed by atoms with Gasteiger partial charge in [-0.1, -0.05) is 6.07 Å². The maximum Gasteiger partial charge on any atom is 0.307 e. The standard InChI is InChI=1S/C20H30N2O3.H2/c1-2-24-20(23)11-12-21-13-15-3-8-18(9-4-15)25-19-10-7-17(14-22-19)16-5-6-16;/h7,10,14-16,18,21H,2-6,8-9,11-13H2,1H3;1H. The average Bonchev–Trinajstić information content (AvgIpc) is 3.46. The number of carbonyl (C=O) groups is 1. The second-order valence-electron chi connectivity index (χ2n) is 7.22. The van der Waals surface area contributed by atoms with E-state index in [-0.39, 0.29) is 13.5 Å². The minimum Gasteiger partial charge on any atom is -0.474 e. The summed E-state index contributed by atoms with van der Waals surface area (Å²) in [4.78, 5) is 15.8. The topological polar surface area (TPSA) is 60.5 Å². The lowest BCUT2D eigenvalue weighted by Gasteiger charge is -2.28. The van der Waals surface area contributed by atoms with Crippen LogP contribution in [0.3, 0.4) is 0 Å². The number of nitrogens with one attached hydrogen (secondary N) is 1. The normalized spacial score (nSPS) is 23.2. The van der Waals surface area contributed by atoms with Crippen LogP contribution in [0.1, 0.15) is 64.8 Å². The molecule has 5 heteroatoms. The van der Waals surface area contributed by atoms with E-state index in [0.29, 0.717) is 25.5 Å². The maximum absolute atomic E-state index is 11.3. The highest BCUT2D eigenvalue weighted by Gasteiger charge is 2.25. The summed E-state index contributed by atoms with van der Waals surface area (Å²) in [5.41, 5.74) is 1.35. The van der Waals surface area contributed by atoms with Gasteiger partial charge in [-0.3, -0.25) is 4.79 Å². The number of rotatable bonds is 9. The van der Waals surface area contributed by atoms with Gasteiger partial charge in [0.05, 0.1) is 13.0 Å². The van der Waals surface area contributed by atoms with Gasteiger partial charge < -0.3 is 14.8 Å². The summed E-state index contributed by atoms with van der Waals surface area (Å²) in [7, 11) is 0. The van der Waals surface area contributed by atoms with Crippen molar-refractivity contribution < 1.29 is 15.7 Å². The fourth-order valence-electron chi connectivity index (χ4n) is 3.47. The monoisotopic (exact) mass is 348 g/mol. The number of carbonyl (C=O) groups excluding carboxylic acids is 1. The van der Waals surface area contributed by atoms with Crippen LogP contribution < -0.4 is 10.1 Å². The van der Waals surface area contributed by atoms with Gasteiger partial charge in [-0.05, 0) is 69.4 Å². The van der Waals surface area contributed by atoms with Gasteiger partial charge in [-0.15, -0.1) is 0 Å². The molecule has 2 fully saturated rings. The Balaban J connectivity index is 0.00000243. The van der Waals surface area contributed by atoms with Crippen molar-refractivity contribution in [2.75, 3.05) is 19.7 Å². The molecule has 0 aliphatic heterocycles. The predicted molar refractivity (Wildman–Crippen MR) is 98.8 cm³/mol. The largest absolute Gasteiger partial charge is 0.474 e. The molecule has 1 N–H and O–H groups in total. The second-order valence-corrected chi connectivity index (χ2v) is 7.22. The van der Waals surface area contributed by atoms with Crippen molar-refractivity contribution in [2.45, 2.75) is 63.9 Å². The zero-order chi connectivity index (χ0) is 17.5. The summed E-state index contributed by atoms with van der Waals surface area (Å²) in [6.45, 7) is 3.97. The van der Waals surface area contributed by atoms with E-state index in [4.69, 9.17) is 9.47 Å². The van der Waals surface area contributed by atoms with Crippen molar-refractivity contribution in [1.29, 1.82) is 0 Å². The summed E-state index contributed by atoms with van der Waals surface area (Å²) in [6.07, 6.45) is 9.82. The van der Waals surface area contributed by atoms with Crippen molar-refractivity contribution in [2.24, 2.45) is 5.92 Å². The van der Waals surface area contributed by atoms with Gasteiger partial charge in [0, 0.05) is 20.2 Å². The number of pyridine rings is 1. The molecule has 0 saturated heterocycles. The van der Waals surface area contributed by atoms with E-state index in [1.807, 2.05) is 19.2 Å². The number of hydrogen-bond donors (Lipinski definition) is 1. The zero-order valence-corrected chi connectivity index (χ0v) is 15.2. The molecule has 5 nitrogen and oxygen atoms in total. The van der Waals surface area contributed by atoms with Gasteiger partial charge in [0.1, 0.15) is 6.10 Å². The van der Waals surface area contributed by atoms with Crippen molar-refractivity contribution in [3.05, 3.63) is 23.9 Å². The highest BCUT2D eigenvalue weighted by molar-refractivity contribution is 5.69. The Morgan fingerprint density at radius 1 is 1.24 bits per heavy atom. The molecule has 1 aromatic rings. The van der Waals surface area contributed by atoms with Gasteiger partial charge in [-0.2, -0.15) is 0 Å². The first kappa shape index (κ1) is 18.2. The van der Waals surface area contributed by atoms with E-state index in [9.17, 15) is 4.79 Å². The van der Waals surface area contributed by atoms with Crippen molar-refractivity contribution in [3.63, 3.8) is 0 Å². The van der Waals surface area contributed by atoms with Crippen LogP contribution in [0.25, 0.3) is 0 Å². The van der Waals surface area contributed by atoms with Gasteiger partial charge >= 0.3 is 5.97 Å². The Hall–Kier alpha value is -1.62. The molecular formula is C20H32N2O3. The van der Waals surface area contributed by atoms with Crippen LogP contribution in [0, 0.1) is 5.92 Å². The van der Waals surface area contributed by atoms with E-state index >= 15 is 0 Å². The lowest BCUT2D eigenvalue weighted by atomic mass is 9.87. The average molecular weight is 348 g/mol. The fraction of sp³-hybridized carbons (Fsp3) is 0.700. The Labute approximate surface area is 152 Å². The third-order valence-electron chi connectivity index (χ3n) is 5.13. The van der Waals surface area contributed by atoms with Crippen LogP contribution in [0.15, 0.2) is 18.3 Å². The van der Waals surface area contributed by atoms with Gasteiger partial charge in [0.2, 0.25) is 5.88 Å². The molecule has 3 rings (SSSR count). The van der Waals surface area contributed by atoms with Crippen LogP contribution in [0.2, 0.25) is 0 Å². The Bertz CT molecular complexity index is 540. The number of nitrogens with zero attached hydrogens (tertiary/aromatic N) is 1. The van der Waals surface area contributed by atoms with Gasteiger partial charge in [-0.25, -0.2) is 4.98 Å². The quantitative estimate of drug-likeness (QED) is 0.545. The van der Waals surface area contributed by atoms with E-state index in [1.54, 1.807) is 0 Å². The lowest BCUT2D eigenvalue weighted by molar-refractivity contribution is -0.142. The molecule has 0 spiro atoms. The van der Waals surface area contributed by atoms with Crippen LogP contribution in [-0.4, -0.2) is 36.8 Å². The molecule has 0 atom stereocenters. The summed E-state index contributed by atoms with van der Waals surface area (Å²) in [5.74, 6) is 2.06. The minimum atomic E-state index is -0.118. The van der Waals surface area contributed by atoms with Crippen molar-refractivity contribution >= 4 is 5.97 Å². The lowest BCUT2D eigenvalue weighted by Crippen LogP contribution is -2.31. The van der Waals surface area contributed by atoms with Gasteiger partial charge in [0.25, 0.3) is 0 Å². The smallest absolute Gasteiger partial charge is 0.307 e. The van der Waals surface area contributed by atoms with E-state index in [2.05, 4.69) is 16.4 Å². The van der Waals surface area contributed by atoms with Crippen molar-refractivity contribution in [3.8, 4) is 5.88 Å². The van der Waals surface area contributed by atoms with Crippen LogP contribution in [0.5, 0.6) is 5.88 Å². The molecule has 2 saturated carbocycles. The van der Waals surface area contributed by atoms with E-state index < -0.39 is 0 Å². The van der Waals surface area contributed by atoms with Crippen LogP contribution >= 0.6 is 0 Å². The molecule has 1 aromatic heterocycles. The summed E-state index contributed by atoms with van der Waals surface area (Å²) < 4.78 is 11.0. The van der Waals surface area contributed by atoms with Crippen LogP contribution in [0.4, 0.5) is 0 Å². The number of esters is 1. The molecule has 0 amide bonds. The number of ether oxygens (including phenoxy) is 2. The third-order valence-corrected chi connectivity index (χ3v) is 5.13. The Kier molecular flexibility index (Phi) is 6.68. The SMILES string of the molecule is CCOC(=O)CCNCC1CCC(Oc2ccc(C3CC3)cn2)CC1.[HH]. The summed E-state index contributed by atoms with van der Waals surface area (Å²) >= 11 is 0. The third kappa shape index (κ3) is 5.99. The fourth-order valence-corrected chi connectivity index (χ4v) is 3.47.